The lowest BCUT2D eigenvalue weighted by molar-refractivity contribution is 0.345. The average Bonchev–Trinajstić information content (AvgIpc) is 2.71. The number of thioether (sulfide) groups is 1. The lowest BCUT2D eigenvalue weighted by Crippen LogP contribution is -2.26. The summed E-state index contributed by atoms with van der Waals surface area (Å²) in [6.07, 6.45) is 9.30. The minimum atomic E-state index is 0.340. The molecule has 0 aromatic carbocycles. The fourth-order valence-electron chi connectivity index (χ4n) is 2.90. The summed E-state index contributed by atoms with van der Waals surface area (Å²) in [6, 6.07) is 2.53. The first kappa shape index (κ1) is 11.3. The predicted molar refractivity (Wildman–Crippen MR) is 65.8 cm³/mol. The smallest absolute Gasteiger partial charge is 0.0667 e. The van der Waals surface area contributed by atoms with Crippen molar-refractivity contribution in [2.24, 2.45) is 11.8 Å². The number of nitriles is 1. The van der Waals surface area contributed by atoms with Crippen molar-refractivity contribution in [3.05, 3.63) is 0 Å². The van der Waals surface area contributed by atoms with Crippen LogP contribution in [-0.4, -0.2) is 10.5 Å². The third kappa shape index (κ3) is 2.91. The SMILES string of the molecule is CC1CCC(C#N)C(SC2CCCC2)C1. The molecule has 3 atom stereocenters. The van der Waals surface area contributed by atoms with E-state index in [1.165, 1.54) is 38.5 Å². The van der Waals surface area contributed by atoms with E-state index in [0.717, 1.165) is 17.6 Å². The summed E-state index contributed by atoms with van der Waals surface area (Å²) in [5.41, 5.74) is 0. The van der Waals surface area contributed by atoms with Crippen LogP contribution in [0.2, 0.25) is 0 Å². The molecule has 0 radical (unpaired) electrons. The Kier molecular flexibility index (Phi) is 3.97. The molecular formula is C13H21NS. The Labute approximate surface area is 97.6 Å². The maximum Gasteiger partial charge on any atom is 0.0667 e. The van der Waals surface area contributed by atoms with Crippen LogP contribution in [0, 0.1) is 23.2 Å². The monoisotopic (exact) mass is 223 g/mol. The van der Waals surface area contributed by atoms with E-state index in [1.807, 2.05) is 0 Å². The van der Waals surface area contributed by atoms with Gasteiger partial charge in [-0.15, -0.1) is 0 Å². The van der Waals surface area contributed by atoms with Crippen molar-refractivity contribution in [2.75, 3.05) is 0 Å². The van der Waals surface area contributed by atoms with Crippen molar-refractivity contribution >= 4 is 11.8 Å². The molecule has 15 heavy (non-hydrogen) atoms. The molecule has 2 rings (SSSR count). The second-order valence-electron chi connectivity index (χ2n) is 5.23. The largest absolute Gasteiger partial charge is 0.198 e. The maximum absolute atomic E-state index is 9.16. The molecule has 84 valence electrons. The molecule has 0 saturated heterocycles. The molecule has 0 bridgehead atoms. The highest BCUT2D eigenvalue weighted by atomic mass is 32.2. The molecule has 0 N–H and O–H groups in total. The van der Waals surface area contributed by atoms with Crippen LogP contribution in [0.15, 0.2) is 0 Å². The van der Waals surface area contributed by atoms with E-state index >= 15 is 0 Å². The van der Waals surface area contributed by atoms with Gasteiger partial charge in [-0.1, -0.05) is 19.8 Å². The highest BCUT2D eigenvalue weighted by Gasteiger charge is 2.31. The van der Waals surface area contributed by atoms with Crippen molar-refractivity contribution in [1.29, 1.82) is 5.26 Å². The van der Waals surface area contributed by atoms with Gasteiger partial charge in [0.25, 0.3) is 0 Å². The molecule has 0 aromatic heterocycles. The van der Waals surface area contributed by atoms with Crippen molar-refractivity contribution in [1.82, 2.24) is 0 Å². The lowest BCUT2D eigenvalue weighted by Gasteiger charge is -2.32. The molecule has 2 fully saturated rings. The summed E-state index contributed by atoms with van der Waals surface area (Å²) in [4.78, 5) is 0. The lowest BCUT2D eigenvalue weighted by atomic mass is 9.83. The first-order valence-electron chi connectivity index (χ1n) is 6.34. The quantitative estimate of drug-likeness (QED) is 0.706. The van der Waals surface area contributed by atoms with Gasteiger partial charge in [0.1, 0.15) is 0 Å². The molecule has 2 aliphatic carbocycles. The fraction of sp³-hybridized carbons (Fsp3) is 0.923. The van der Waals surface area contributed by atoms with E-state index in [1.54, 1.807) is 0 Å². The van der Waals surface area contributed by atoms with Gasteiger partial charge in [0.2, 0.25) is 0 Å². The van der Waals surface area contributed by atoms with Crippen molar-refractivity contribution in [2.45, 2.75) is 62.4 Å². The summed E-state index contributed by atoms with van der Waals surface area (Å²) in [6.45, 7) is 2.34. The van der Waals surface area contributed by atoms with Gasteiger partial charge in [-0.05, 0) is 38.0 Å². The van der Waals surface area contributed by atoms with E-state index in [0.29, 0.717) is 11.2 Å². The topological polar surface area (TPSA) is 23.8 Å². The molecule has 0 aromatic rings. The van der Waals surface area contributed by atoms with E-state index in [2.05, 4.69) is 24.8 Å². The third-order valence-electron chi connectivity index (χ3n) is 3.89. The van der Waals surface area contributed by atoms with Crippen LogP contribution in [0.3, 0.4) is 0 Å². The molecule has 0 amide bonds. The van der Waals surface area contributed by atoms with Gasteiger partial charge in [-0.2, -0.15) is 17.0 Å². The standard InChI is InChI=1S/C13H21NS/c1-10-6-7-11(9-14)13(8-10)15-12-4-2-3-5-12/h10-13H,2-8H2,1H3. The normalized spacial score (nSPS) is 37.7. The van der Waals surface area contributed by atoms with Crippen LogP contribution < -0.4 is 0 Å². The number of hydrogen-bond acceptors (Lipinski definition) is 2. The zero-order valence-electron chi connectivity index (χ0n) is 9.61. The zero-order chi connectivity index (χ0) is 10.7. The summed E-state index contributed by atoms with van der Waals surface area (Å²) >= 11 is 2.14. The molecule has 2 heteroatoms. The zero-order valence-corrected chi connectivity index (χ0v) is 10.4. The minimum Gasteiger partial charge on any atom is -0.198 e. The van der Waals surface area contributed by atoms with Crippen molar-refractivity contribution in [3.63, 3.8) is 0 Å². The molecule has 0 heterocycles. The number of rotatable bonds is 2. The third-order valence-corrected chi connectivity index (χ3v) is 5.62. The minimum absolute atomic E-state index is 0.340. The van der Waals surface area contributed by atoms with Crippen LogP contribution >= 0.6 is 11.8 Å². The Morgan fingerprint density at radius 3 is 2.53 bits per heavy atom. The summed E-state index contributed by atoms with van der Waals surface area (Å²) in [7, 11) is 0. The Morgan fingerprint density at radius 2 is 1.87 bits per heavy atom. The Hall–Kier alpha value is -0.160. The molecule has 1 nitrogen and oxygen atoms in total. The van der Waals surface area contributed by atoms with Gasteiger partial charge in [0.15, 0.2) is 0 Å². The predicted octanol–water partition coefficient (Wildman–Crippen LogP) is 3.99. The molecule has 0 aliphatic heterocycles. The van der Waals surface area contributed by atoms with Gasteiger partial charge in [-0.3, -0.25) is 0 Å². The average molecular weight is 223 g/mol. The number of hydrogen-bond donors (Lipinski definition) is 0. The first-order chi connectivity index (χ1) is 7.29. The van der Waals surface area contributed by atoms with E-state index in [9.17, 15) is 0 Å². The van der Waals surface area contributed by atoms with Gasteiger partial charge >= 0.3 is 0 Å². The number of nitrogens with zero attached hydrogens (tertiary/aromatic N) is 1. The Morgan fingerprint density at radius 1 is 1.13 bits per heavy atom. The van der Waals surface area contributed by atoms with Crippen molar-refractivity contribution in [3.8, 4) is 6.07 Å². The van der Waals surface area contributed by atoms with Gasteiger partial charge < -0.3 is 0 Å². The highest BCUT2D eigenvalue weighted by molar-refractivity contribution is 8.00. The second-order valence-corrected chi connectivity index (χ2v) is 6.78. The fourth-order valence-corrected chi connectivity index (χ4v) is 4.82. The summed E-state index contributed by atoms with van der Waals surface area (Å²) in [5, 5.41) is 10.7. The van der Waals surface area contributed by atoms with Crippen LogP contribution in [0.1, 0.15) is 51.9 Å². The highest BCUT2D eigenvalue weighted by Crippen LogP contribution is 2.41. The van der Waals surface area contributed by atoms with Crippen molar-refractivity contribution < 1.29 is 0 Å². The first-order valence-corrected chi connectivity index (χ1v) is 7.29. The van der Waals surface area contributed by atoms with Gasteiger partial charge in [0, 0.05) is 10.5 Å². The van der Waals surface area contributed by atoms with E-state index in [-0.39, 0.29) is 0 Å². The van der Waals surface area contributed by atoms with Gasteiger partial charge in [0.05, 0.1) is 12.0 Å². The Bertz CT molecular complexity index is 239. The molecule has 0 spiro atoms. The van der Waals surface area contributed by atoms with E-state index < -0.39 is 0 Å². The van der Waals surface area contributed by atoms with Gasteiger partial charge in [-0.25, -0.2) is 0 Å². The molecule has 2 aliphatic rings. The Balaban J connectivity index is 1.89. The maximum atomic E-state index is 9.16. The van der Waals surface area contributed by atoms with Crippen LogP contribution in [-0.2, 0) is 0 Å². The molecule has 3 unspecified atom stereocenters. The van der Waals surface area contributed by atoms with Crippen LogP contribution in [0.4, 0.5) is 0 Å². The van der Waals surface area contributed by atoms with E-state index in [4.69, 9.17) is 5.26 Å². The molecule has 2 saturated carbocycles. The van der Waals surface area contributed by atoms with Crippen LogP contribution in [0.25, 0.3) is 0 Å². The second kappa shape index (κ2) is 5.25. The molecular weight excluding hydrogens is 202 g/mol. The van der Waals surface area contributed by atoms with Crippen LogP contribution in [0.5, 0.6) is 0 Å². The summed E-state index contributed by atoms with van der Waals surface area (Å²) in [5.74, 6) is 1.18. The summed E-state index contributed by atoms with van der Waals surface area (Å²) < 4.78 is 0.